The summed E-state index contributed by atoms with van der Waals surface area (Å²) in [4.78, 5) is 2.10. The number of aliphatic hydroxyl groups is 4. The van der Waals surface area contributed by atoms with Crippen molar-refractivity contribution in [3.63, 3.8) is 0 Å². The normalized spacial score (nSPS) is 27.7. The van der Waals surface area contributed by atoms with E-state index in [0.29, 0.717) is 13.2 Å². The number of nitrogens with zero attached hydrogens (tertiary/aromatic N) is 3. The zero-order valence-electron chi connectivity index (χ0n) is 16.3. The van der Waals surface area contributed by atoms with Crippen LogP contribution in [0.1, 0.15) is 44.6 Å². The van der Waals surface area contributed by atoms with Gasteiger partial charge in [0.25, 0.3) is 0 Å². The number of hydrogen-bond donors (Lipinski definition) is 4. The molecule has 1 aliphatic heterocycles. The Morgan fingerprint density at radius 2 is 2.04 bits per heavy atom. The summed E-state index contributed by atoms with van der Waals surface area (Å²) in [5, 5.41) is 44.6. The molecule has 0 spiro atoms. The van der Waals surface area contributed by atoms with Gasteiger partial charge in [0.15, 0.2) is 0 Å². The maximum absolute atomic E-state index is 10.5. The predicted octanol–water partition coefficient (Wildman–Crippen LogP) is 0.129. The Kier molecular flexibility index (Phi) is 9.67. The van der Waals surface area contributed by atoms with Crippen LogP contribution in [0.3, 0.4) is 0 Å². The highest BCUT2D eigenvalue weighted by atomic mass is 16.5. The first-order valence-electron chi connectivity index (χ1n) is 10.1. The Hall–Kier alpha value is -1.03. The van der Waals surface area contributed by atoms with Crippen LogP contribution in [0, 0.1) is 0 Å². The van der Waals surface area contributed by atoms with Gasteiger partial charge >= 0.3 is 0 Å². The molecular formula is C19H35N3O5. The van der Waals surface area contributed by atoms with E-state index in [0.717, 1.165) is 50.8 Å². The summed E-state index contributed by atoms with van der Waals surface area (Å²) < 4.78 is 7.50. The molecule has 27 heavy (non-hydrogen) atoms. The summed E-state index contributed by atoms with van der Waals surface area (Å²) in [5.74, 6) is 0. The zero-order valence-corrected chi connectivity index (χ0v) is 16.3. The molecule has 1 aliphatic rings. The Morgan fingerprint density at radius 1 is 1.26 bits per heavy atom. The lowest BCUT2D eigenvalue weighted by atomic mass is 10.0. The van der Waals surface area contributed by atoms with Gasteiger partial charge in [-0.1, -0.05) is 19.8 Å². The molecule has 4 N–H and O–H groups in total. The molecule has 0 saturated carbocycles. The molecule has 1 saturated heterocycles. The number of aliphatic hydroxyl groups excluding tert-OH is 4. The smallest absolute Gasteiger partial charge is 0.114 e. The van der Waals surface area contributed by atoms with Gasteiger partial charge in [-0.15, -0.1) is 0 Å². The Balaban J connectivity index is 2.04. The molecule has 156 valence electrons. The molecular weight excluding hydrogens is 350 g/mol. The van der Waals surface area contributed by atoms with E-state index in [1.807, 2.05) is 17.1 Å². The number of aromatic nitrogens is 2. The van der Waals surface area contributed by atoms with Crippen LogP contribution in [0.15, 0.2) is 12.4 Å². The number of β-amino-alcohol motifs (C(OH)–C–C–N with tert-alkyl or cyclic N) is 1. The molecule has 8 heteroatoms. The summed E-state index contributed by atoms with van der Waals surface area (Å²) in [6.07, 6.45) is 4.19. The summed E-state index contributed by atoms with van der Waals surface area (Å²) in [7, 11) is 0. The van der Waals surface area contributed by atoms with E-state index in [4.69, 9.17) is 4.74 Å². The van der Waals surface area contributed by atoms with Gasteiger partial charge < -0.3 is 25.2 Å². The summed E-state index contributed by atoms with van der Waals surface area (Å²) in [6.45, 7) is 4.57. The van der Waals surface area contributed by atoms with Crippen molar-refractivity contribution in [1.82, 2.24) is 14.7 Å². The quantitative estimate of drug-likeness (QED) is 0.551. The van der Waals surface area contributed by atoms with Crippen LogP contribution in [0.4, 0.5) is 0 Å². The van der Waals surface area contributed by atoms with Crippen molar-refractivity contribution < 1.29 is 25.2 Å². The molecule has 0 amide bonds. The predicted molar refractivity (Wildman–Crippen MR) is 101 cm³/mol. The number of ether oxygens (including phenoxy) is 1. The minimum Gasteiger partial charge on any atom is -0.394 e. The first-order valence-corrected chi connectivity index (χ1v) is 10.1. The van der Waals surface area contributed by atoms with Gasteiger partial charge in [0.1, 0.15) is 18.3 Å². The molecule has 1 aromatic heterocycles. The molecule has 1 fully saturated rings. The van der Waals surface area contributed by atoms with Crippen molar-refractivity contribution in [1.29, 1.82) is 0 Å². The second kappa shape index (κ2) is 11.7. The molecule has 8 nitrogen and oxygen atoms in total. The lowest BCUT2D eigenvalue weighted by Crippen LogP contribution is -2.51. The highest BCUT2D eigenvalue weighted by molar-refractivity contribution is 5.04. The van der Waals surface area contributed by atoms with E-state index in [1.165, 1.54) is 0 Å². The minimum atomic E-state index is -1.27. The first kappa shape index (κ1) is 22.3. The highest BCUT2D eigenvalue weighted by Crippen LogP contribution is 2.16. The average Bonchev–Trinajstić information content (AvgIpc) is 3.09. The van der Waals surface area contributed by atoms with Gasteiger partial charge in [0.2, 0.25) is 0 Å². The summed E-state index contributed by atoms with van der Waals surface area (Å²) >= 11 is 0. The van der Waals surface area contributed by atoms with Gasteiger partial charge in [0.05, 0.1) is 18.9 Å². The second-order valence-electron chi connectivity index (χ2n) is 7.40. The molecule has 0 unspecified atom stereocenters. The molecule has 2 heterocycles. The van der Waals surface area contributed by atoms with E-state index < -0.39 is 31.0 Å². The summed E-state index contributed by atoms with van der Waals surface area (Å²) in [5.41, 5.74) is 1.07. The highest BCUT2D eigenvalue weighted by Gasteiger charge is 2.33. The van der Waals surface area contributed by atoms with Gasteiger partial charge in [-0.3, -0.25) is 9.58 Å². The van der Waals surface area contributed by atoms with Crippen LogP contribution in [-0.4, -0.2) is 85.8 Å². The standard InChI is InChI=1S/C19H35N3O5/c1-2-7-22-12-15(10-20-22)11-21-8-5-3-4-6-9-27-19(17(25)14-23)18(26)16(24)13-21/h10,12,16-19,23-26H,2-9,11,13-14H2,1H3/t16-,17+,18+,19+/m0/s1. The lowest BCUT2D eigenvalue weighted by molar-refractivity contribution is -0.147. The molecule has 0 aromatic carbocycles. The zero-order chi connectivity index (χ0) is 19.6. The van der Waals surface area contributed by atoms with Crippen molar-refractivity contribution in [2.45, 2.75) is 76.5 Å². The SMILES string of the molecule is CCCn1cc(CN2CCCCCCO[C@H]([C@H](O)CO)[C@H](O)[C@@H](O)C2)cn1. The third-order valence-corrected chi connectivity index (χ3v) is 4.97. The fourth-order valence-corrected chi connectivity index (χ4v) is 3.48. The van der Waals surface area contributed by atoms with Crippen LogP contribution in [0.2, 0.25) is 0 Å². The largest absolute Gasteiger partial charge is 0.394 e. The topological polar surface area (TPSA) is 111 Å². The van der Waals surface area contributed by atoms with Gasteiger partial charge in [-0.25, -0.2) is 0 Å². The molecule has 2 rings (SSSR count). The third kappa shape index (κ3) is 7.14. The van der Waals surface area contributed by atoms with Crippen LogP contribution < -0.4 is 0 Å². The van der Waals surface area contributed by atoms with Crippen molar-refractivity contribution in [2.24, 2.45) is 0 Å². The average molecular weight is 386 g/mol. The molecule has 4 atom stereocenters. The fourth-order valence-electron chi connectivity index (χ4n) is 3.48. The van der Waals surface area contributed by atoms with E-state index in [-0.39, 0.29) is 6.54 Å². The van der Waals surface area contributed by atoms with Gasteiger partial charge in [0, 0.05) is 38.0 Å². The summed E-state index contributed by atoms with van der Waals surface area (Å²) in [6, 6.07) is 0. The molecule has 0 aliphatic carbocycles. The van der Waals surface area contributed by atoms with Crippen LogP contribution >= 0.6 is 0 Å². The maximum Gasteiger partial charge on any atom is 0.114 e. The Morgan fingerprint density at radius 3 is 2.78 bits per heavy atom. The second-order valence-corrected chi connectivity index (χ2v) is 7.40. The van der Waals surface area contributed by atoms with Crippen molar-refractivity contribution in [3.05, 3.63) is 18.0 Å². The van der Waals surface area contributed by atoms with Crippen LogP contribution in [-0.2, 0) is 17.8 Å². The van der Waals surface area contributed by atoms with E-state index in [9.17, 15) is 20.4 Å². The van der Waals surface area contributed by atoms with Gasteiger partial charge in [-0.05, 0) is 25.8 Å². The van der Waals surface area contributed by atoms with Crippen LogP contribution in [0.5, 0.6) is 0 Å². The monoisotopic (exact) mass is 385 g/mol. The van der Waals surface area contributed by atoms with Crippen LogP contribution in [0.25, 0.3) is 0 Å². The molecule has 0 bridgehead atoms. The minimum absolute atomic E-state index is 0.262. The number of rotatable bonds is 6. The number of hydrogen-bond acceptors (Lipinski definition) is 7. The van der Waals surface area contributed by atoms with E-state index >= 15 is 0 Å². The molecule has 1 aromatic rings. The number of aryl methyl sites for hydroxylation is 1. The fraction of sp³-hybridized carbons (Fsp3) is 0.842. The maximum atomic E-state index is 10.5. The van der Waals surface area contributed by atoms with Crippen molar-refractivity contribution in [2.75, 3.05) is 26.3 Å². The van der Waals surface area contributed by atoms with Gasteiger partial charge in [-0.2, -0.15) is 5.10 Å². The molecule has 0 radical (unpaired) electrons. The van der Waals surface area contributed by atoms with E-state index in [2.05, 4.69) is 16.9 Å². The Bertz CT molecular complexity index is 527. The van der Waals surface area contributed by atoms with Crippen molar-refractivity contribution >= 4 is 0 Å². The Labute approximate surface area is 161 Å². The first-order chi connectivity index (χ1) is 13.0. The lowest BCUT2D eigenvalue weighted by Gasteiger charge is -2.33. The van der Waals surface area contributed by atoms with E-state index in [1.54, 1.807) is 0 Å². The third-order valence-electron chi connectivity index (χ3n) is 4.97. The van der Waals surface area contributed by atoms with Crippen molar-refractivity contribution in [3.8, 4) is 0 Å².